The van der Waals surface area contributed by atoms with E-state index < -0.39 is 0 Å². The molecule has 0 saturated carbocycles. The SMILES string of the molecule is CC(C)(C)c1ccc(CSc2nc(=O)n3ccccc3n2)cc1. The Morgan fingerprint density at radius 2 is 1.78 bits per heavy atom. The van der Waals surface area contributed by atoms with Crippen LogP contribution in [0.2, 0.25) is 0 Å². The highest BCUT2D eigenvalue weighted by Gasteiger charge is 2.13. The van der Waals surface area contributed by atoms with Crippen LogP contribution in [0.5, 0.6) is 0 Å². The molecule has 0 spiro atoms. The lowest BCUT2D eigenvalue weighted by atomic mass is 9.87. The van der Waals surface area contributed by atoms with Crippen molar-refractivity contribution in [2.45, 2.75) is 37.1 Å². The second-order valence-electron chi connectivity index (χ2n) is 6.45. The third-order valence-corrected chi connectivity index (χ3v) is 4.55. The van der Waals surface area contributed by atoms with E-state index in [0.717, 1.165) is 5.75 Å². The first-order valence-corrected chi connectivity index (χ1v) is 8.50. The van der Waals surface area contributed by atoms with E-state index in [1.165, 1.54) is 27.3 Å². The first kappa shape index (κ1) is 15.7. The van der Waals surface area contributed by atoms with Crippen molar-refractivity contribution >= 4 is 17.4 Å². The molecule has 0 aliphatic carbocycles. The maximum absolute atomic E-state index is 12.0. The van der Waals surface area contributed by atoms with Crippen LogP contribution in [0.4, 0.5) is 0 Å². The molecule has 4 nitrogen and oxygen atoms in total. The molecule has 0 aliphatic heterocycles. The molecule has 0 bridgehead atoms. The molecule has 3 aromatic rings. The van der Waals surface area contributed by atoms with Crippen molar-refractivity contribution in [3.05, 3.63) is 70.3 Å². The number of aromatic nitrogens is 3. The van der Waals surface area contributed by atoms with Gasteiger partial charge in [0.05, 0.1) is 0 Å². The van der Waals surface area contributed by atoms with E-state index in [9.17, 15) is 4.79 Å². The normalized spacial score (nSPS) is 11.8. The number of thioether (sulfide) groups is 1. The molecule has 0 unspecified atom stereocenters. The minimum atomic E-state index is -0.291. The summed E-state index contributed by atoms with van der Waals surface area (Å²) in [5.41, 5.74) is 2.99. The van der Waals surface area contributed by atoms with E-state index in [2.05, 4.69) is 55.0 Å². The first-order valence-electron chi connectivity index (χ1n) is 7.51. The smallest absolute Gasteiger partial charge is 0.251 e. The molecule has 0 saturated heterocycles. The molecular formula is C18H19N3OS. The molecule has 2 heterocycles. The van der Waals surface area contributed by atoms with Gasteiger partial charge in [-0.3, -0.25) is 4.40 Å². The lowest BCUT2D eigenvalue weighted by Gasteiger charge is -2.19. The summed E-state index contributed by atoms with van der Waals surface area (Å²) in [6.07, 6.45) is 1.68. The monoisotopic (exact) mass is 325 g/mol. The molecule has 2 aromatic heterocycles. The molecule has 23 heavy (non-hydrogen) atoms. The van der Waals surface area contributed by atoms with Gasteiger partial charge in [0.2, 0.25) is 0 Å². The van der Waals surface area contributed by atoms with Crippen LogP contribution in [0.25, 0.3) is 5.65 Å². The zero-order chi connectivity index (χ0) is 16.4. The molecule has 0 N–H and O–H groups in total. The highest BCUT2D eigenvalue weighted by atomic mass is 32.2. The number of benzene rings is 1. The number of pyridine rings is 1. The van der Waals surface area contributed by atoms with Gasteiger partial charge in [0.1, 0.15) is 5.65 Å². The van der Waals surface area contributed by atoms with E-state index in [4.69, 9.17) is 0 Å². The Hall–Kier alpha value is -2.14. The van der Waals surface area contributed by atoms with Gasteiger partial charge < -0.3 is 0 Å². The van der Waals surface area contributed by atoms with E-state index in [0.29, 0.717) is 10.8 Å². The van der Waals surface area contributed by atoms with E-state index >= 15 is 0 Å². The van der Waals surface area contributed by atoms with Gasteiger partial charge in [0, 0.05) is 11.9 Å². The third kappa shape index (κ3) is 3.62. The summed E-state index contributed by atoms with van der Waals surface area (Å²) < 4.78 is 1.45. The molecule has 0 radical (unpaired) electrons. The molecule has 5 heteroatoms. The minimum absolute atomic E-state index is 0.155. The lowest BCUT2D eigenvalue weighted by molar-refractivity contribution is 0.590. The fraction of sp³-hybridized carbons (Fsp3) is 0.278. The average Bonchev–Trinajstić information content (AvgIpc) is 2.52. The van der Waals surface area contributed by atoms with E-state index in [1.54, 1.807) is 12.3 Å². The Morgan fingerprint density at radius 3 is 2.48 bits per heavy atom. The quantitative estimate of drug-likeness (QED) is 0.689. The van der Waals surface area contributed by atoms with Crippen LogP contribution in [0, 0.1) is 0 Å². The fourth-order valence-electron chi connectivity index (χ4n) is 2.26. The predicted octanol–water partition coefficient (Wildman–Crippen LogP) is 3.68. The molecule has 3 rings (SSSR count). The summed E-state index contributed by atoms with van der Waals surface area (Å²) in [4.78, 5) is 20.4. The topological polar surface area (TPSA) is 47.3 Å². The average molecular weight is 325 g/mol. The fourth-order valence-corrected chi connectivity index (χ4v) is 3.05. The summed E-state index contributed by atoms with van der Waals surface area (Å²) in [5.74, 6) is 0.743. The molecule has 0 aliphatic rings. The number of hydrogen-bond donors (Lipinski definition) is 0. The van der Waals surface area contributed by atoms with Crippen LogP contribution < -0.4 is 5.69 Å². The van der Waals surface area contributed by atoms with Crippen molar-refractivity contribution in [1.29, 1.82) is 0 Å². The van der Waals surface area contributed by atoms with Crippen molar-refractivity contribution in [3.63, 3.8) is 0 Å². The number of hydrogen-bond acceptors (Lipinski definition) is 4. The Morgan fingerprint density at radius 1 is 1.04 bits per heavy atom. The maximum atomic E-state index is 12.0. The Kier molecular flexibility index (Phi) is 4.22. The standard InChI is InChI=1S/C18H19N3OS/c1-18(2,3)14-9-7-13(8-10-14)12-23-16-19-15-6-4-5-11-21(15)17(22)20-16/h4-11H,12H2,1-3H3. The molecule has 0 fully saturated rings. The lowest BCUT2D eigenvalue weighted by Crippen LogP contribution is -2.18. The second-order valence-corrected chi connectivity index (χ2v) is 7.40. The van der Waals surface area contributed by atoms with Gasteiger partial charge in [0.15, 0.2) is 5.16 Å². The maximum Gasteiger partial charge on any atom is 0.355 e. The van der Waals surface area contributed by atoms with Gasteiger partial charge in [-0.15, -0.1) is 0 Å². The van der Waals surface area contributed by atoms with Crippen molar-refractivity contribution in [3.8, 4) is 0 Å². The van der Waals surface area contributed by atoms with Crippen molar-refractivity contribution in [2.75, 3.05) is 0 Å². The predicted molar refractivity (Wildman–Crippen MR) is 94.0 cm³/mol. The van der Waals surface area contributed by atoms with Crippen LogP contribution in [0.3, 0.4) is 0 Å². The van der Waals surface area contributed by atoms with E-state index in [1.807, 2.05) is 12.1 Å². The zero-order valence-corrected chi connectivity index (χ0v) is 14.3. The van der Waals surface area contributed by atoms with Crippen LogP contribution in [-0.2, 0) is 11.2 Å². The summed E-state index contributed by atoms with van der Waals surface area (Å²) >= 11 is 1.48. The number of nitrogens with zero attached hydrogens (tertiary/aromatic N) is 3. The van der Waals surface area contributed by atoms with Crippen LogP contribution in [0.1, 0.15) is 31.9 Å². The number of rotatable bonds is 3. The van der Waals surface area contributed by atoms with Crippen molar-refractivity contribution in [2.24, 2.45) is 0 Å². The highest BCUT2D eigenvalue weighted by Crippen LogP contribution is 2.24. The second kappa shape index (κ2) is 6.16. The van der Waals surface area contributed by atoms with Gasteiger partial charge >= 0.3 is 5.69 Å². The van der Waals surface area contributed by atoms with Gasteiger partial charge in [-0.1, -0.05) is 62.9 Å². The first-order chi connectivity index (χ1) is 10.9. The Labute approximate surface area is 139 Å². The van der Waals surface area contributed by atoms with Gasteiger partial charge in [-0.05, 0) is 28.7 Å². The molecule has 118 valence electrons. The summed E-state index contributed by atoms with van der Waals surface area (Å²) in [6, 6.07) is 14.0. The van der Waals surface area contributed by atoms with E-state index in [-0.39, 0.29) is 11.1 Å². The van der Waals surface area contributed by atoms with Gasteiger partial charge in [-0.2, -0.15) is 4.98 Å². The summed E-state index contributed by atoms with van der Waals surface area (Å²) in [5, 5.41) is 0.515. The Balaban J connectivity index is 1.77. The summed E-state index contributed by atoms with van der Waals surface area (Å²) in [7, 11) is 0. The zero-order valence-electron chi connectivity index (χ0n) is 13.5. The molecular weight excluding hydrogens is 306 g/mol. The van der Waals surface area contributed by atoms with Crippen molar-refractivity contribution < 1.29 is 0 Å². The van der Waals surface area contributed by atoms with Crippen LogP contribution in [0.15, 0.2) is 58.6 Å². The van der Waals surface area contributed by atoms with Crippen LogP contribution in [-0.4, -0.2) is 14.4 Å². The molecule has 1 aromatic carbocycles. The Bertz CT molecular complexity index is 879. The third-order valence-electron chi connectivity index (χ3n) is 3.63. The number of fused-ring (bicyclic) bond motifs is 1. The largest absolute Gasteiger partial charge is 0.355 e. The van der Waals surface area contributed by atoms with Gasteiger partial charge in [-0.25, -0.2) is 9.78 Å². The van der Waals surface area contributed by atoms with Crippen molar-refractivity contribution in [1.82, 2.24) is 14.4 Å². The highest BCUT2D eigenvalue weighted by molar-refractivity contribution is 7.98. The molecule has 0 atom stereocenters. The van der Waals surface area contributed by atoms with Gasteiger partial charge in [0.25, 0.3) is 0 Å². The van der Waals surface area contributed by atoms with Crippen LogP contribution >= 0.6 is 11.8 Å². The molecule has 0 amide bonds. The summed E-state index contributed by atoms with van der Waals surface area (Å²) in [6.45, 7) is 6.60. The minimum Gasteiger partial charge on any atom is -0.251 e.